The topological polar surface area (TPSA) is 118 Å². The van der Waals surface area contributed by atoms with Gasteiger partial charge in [-0.2, -0.15) is 5.10 Å². The molecule has 2 aromatic carbocycles. The predicted molar refractivity (Wildman–Crippen MR) is 96.3 cm³/mol. The zero-order chi connectivity index (χ0) is 19.6. The lowest BCUT2D eigenvalue weighted by atomic mass is 10.1. The zero-order valence-electron chi connectivity index (χ0n) is 14.0. The number of aromatic hydroxyl groups is 1. The van der Waals surface area contributed by atoms with E-state index in [-0.39, 0.29) is 5.56 Å². The van der Waals surface area contributed by atoms with Crippen molar-refractivity contribution < 1.29 is 19.2 Å². The molecule has 0 unspecified atom stereocenters. The van der Waals surface area contributed by atoms with Gasteiger partial charge in [0.1, 0.15) is 5.82 Å². The summed E-state index contributed by atoms with van der Waals surface area (Å²) in [6.07, 6.45) is 1.20. The number of benzene rings is 2. The second kappa shape index (κ2) is 7.16. The van der Waals surface area contributed by atoms with E-state index in [1.807, 2.05) is 0 Å². The maximum absolute atomic E-state index is 13.4. The number of carbonyl (C=O) groups is 1. The molecule has 0 atom stereocenters. The van der Waals surface area contributed by atoms with E-state index in [0.717, 1.165) is 12.1 Å². The minimum absolute atomic E-state index is 0.224. The van der Waals surface area contributed by atoms with Crippen molar-refractivity contribution in [2.45, 2.75) is 6.92 Å². The third-order valence-corrected chi connectivity index (χ3v) is 3.79. The Morgan fingerprint density at radius 1 is 1.30 bits per heavy atom. The molecule has 0 aliphatic heterocycles. The van der Waals surface area contributed by atoms with Gasteiger partial charge < -0.3 is 5.11 Å². The molecule has 0 aliphatic rings. The van der Waals surface area contributed by atoms with Crippen molar-refractivity contribution in [1.82, 2.24) is 10.4 Å². The van der Waals surface area contributed by atoms with E-state index in [0.29, 0.717) is 22.2 Å². The highest BCUT2D eigenvalue weighted by atomic mass is 19.1. The zero-order valence-corrected chi connectivity index (χ0v) is 14.0. The fraction of sp³-hybridized carbons (Fsp3) is 0.0556. The molecular weight excluding hydrogens is 355 g/mol. The van der Waals surface area contributed by atoms with Crippen LogP contribution in [0.2, 0.25) is 0 Å². The number of fused-ring (bicyclic) bond motifs is 1. The van der Waals surface area contributed by atoms with E-state index in [4.69, 9.17) is 0 Å². The molecule has 9 heteroatoms. The summed E-state index contributed by atoms with van der Waals surface area (Å²) in [6, 6.07) is 9.28. The molecule has 1 amide bonds. The van der Waals surface area contributed by atoms with Gasteiger partial charge in [-0.3, -0.25) is 19.9 Å². The number of carbonyl (C=O) groups excluding carboxylic acids is 1. The Hall–Kier alpha value is -3.88. The molecule has 3 rings (SSSR count). The van der Waals surface area contributed by atoms with Gasteiger partial charge >= 0.3 is 5.69 Å². The van der Waals surface area contributed by atoms with Crippen LogP contribution < -0.4 is 5.43 Å². The van der Waals surface area contributed by atoms with Crippen LogP contribution in [0.5, 0.6) is 5.75 Å². The standard InChI is InChI=1S/C18H13FN4O4/c1-10-14(8-12-7-13(19)3-4-15(12)21-10)18(25)22-20-9-11-2-5-17(24)16(6-11)23(26)27/h2-9,24H,1H3,(H,22,25)/b20-9+. The fourth-order valence-corrected chi connectivity index (χ4v) is 2.47. The number of nitro benzene ring substituents is 1. The number of nitro groups is 1. The van der Waals surface area contributed by atoms with Gasteiger partial charge in [-0.25, -0.2) is 9.82 Å². The summed E-state index contributed by atoms with van der Waals surface area (Å²) in [5.74, 6) is -1.46. The van der Waals surface area contributed by atoms with Crippen molar-refractivity contribution in [3.05, 3.63) is 75.2 Å². The molecule has 0 bridgehead atoms. The summed E-state index contributed by atoms with van der Waals surface area (Å²) >= 11 is 0. The molecule has 0 aliphatic carbocycles. The number of nitrogens with one attached hydrogen (secondary N) is 1. The largest absolute Gasteiger partial charge is 0.502 e. The molecule has 2 N–H and O–H groups in total. The molecular formula is C18H13FN4O4. The highest BCUT2D eigenvalue weighted by Gasteiger charge is 2.14. The Balaban J connectivity index is 1.81. The van der Waals surface area contributed by atoms with Crippen molar-refractivity contribution in [3.8, 4) is 5.75 Å². The van der Waals surface area contributed by atoms with Crippen LogP contribution in [0.15, 0.2) is 47.6 Å². The Morgan fingerprint density at radius 2 is 2.07 bits per heavy atom. The number of hydrogen-bond acceptors (Lipinski definition) is 6. The van der Waals surface area contributed by atoms with Gasteiger partial charge in [0.05, 0.1) is 27.9 Å². The van der Waals surface area contributed by atoms with Gasteiger partial charge in [0.2, 0.25) is 0 Å². The first-order valence-corrected chi connectivity index (χ1v) is 7.73. The Kier molecular flexibility index (Phi) is 4.75. The van der Waals surface area contributed by atoms with Gasteiger partial charge in [0.25, 0.3) is 5.91 Å². The van der Waals surface area contributed by atoms with Crippen LogP contribution in [-0.4, -0.2) is 27.1 Å². The van der Waals surface area contributed by atoms with Gasteiger partial charge in [-0.05, 0) is 43.3 Å². The summed E-state index contributed by atoms with van der Waals surface area (Å²) < 4.78 is 13.4. The third-order valence-electron chi connectivity index (χ3n) is 3.79. The molecule has 1 aromatic heterocycles. The van der Waals surface area contributed by atoms with E-state index in [2.05, 4.69) is 15.5 Å². The van der Waals surface area contributed by atoms with E-state index in [9.17, 15) is 24.4 Å². The van der Waals surface area contributed by atoms with Crippen molar-refractivity contribution in [2.24, 2.45) is 5.10 Å². The Bertz CT molecular complexity index is 1100. The summed E-state index contributed by atoms with van der Waals surface area (Å²) in [4.78, 5) is 26.6. The Morgan fingerprint density at radius 3 is 2.81 bits per heavy atom. The monoisotopic (exact) mass is 368 g/mol. The number of hydrogen-bond donors (Lipinski definition) is 2. The highest BCUT2D eigenvalue weighted by molar-refractivity contribution is 5.99. The fourth-order valence-electron chi connectivity index (χ4n) is 2.47. The molecule has 3 aromatic rings. The second-order valence-corrected chi connectivity index (χ2v) is 5.66. The number of hydrazone groups is 1. The number of halogens is 1. The van der Waals surface area contributed by atoms with Gasteiger partial charge in [-0.15, -0.1) is 0 Å². The van der Waals surface area contributed by atoms with E-state index < -0.39 is 28.1 Å². The van der Waals surface area contributed by atoms with E-state index in [1.165, 1.54) is 36.5 Å². The van der Waals surface area contributed by atoms with E-state index in [1.54, 1.807) is 6.92 Å². The number of phenols is 1. The third kappa shape index (κ3) is 3.87. The summed E-state index contributed by atoms with van der Waals surface area (Å²) in [5, 5.41) is 24.5. The average molecular weight is 368 g/mol. The number of pyridine rings is 1. The van der Waals surface area contributed by atoms with Crippen molar-refractivity contribution in [1.29, 1.82) is 0 Å². The number of aryl methyl sites for hydroxylation is 1. The van der Waals surface area contributed by atoms with E-state index >= 15 is 0 Å². The molecule has 0 fully saturated rings. The number of aromatic nitrogens is 1. The average Bonchev–Trinajstić information content (AvgIpc) is 2.62. The lowest BCUT2D eigenvalue weighted by molar-refractivity contribution is -0.385. The quantitative estimate of drug-likeness (QED) is 0.417. The van der Waals surface area contributed by atoms with Crippen LogP contribution in [0.1, 0.15) is 21.6 Å². The minimum atomic E-state index is -0.728. The van der Waals surface area contributed by atoms with Crippen LogP contribution >= 0.6 is 0 Å². The van der Waals surface area contributed by atoms with Crippen molar-refractivity contribution >= 4 is 28.7 Å². The van der Waals surface area contributed by atoms with Crippen LogP contribution in [-0.2, 0) is 0 Å². The van der Waals surface area contributed by atoms with Crippen LogP contribution in [0.25, 0.3) is 10.9 Å². The molecule has 8 nitrogen and oxygen atoms in total. The first kappa shape index (κ1) is 17.9. The number of amides is 1. The van der Waals surface area contributed by atoms with Gasteiger partial charge in [0.15, 0.2) is 5.75 Å². The summed E-state index contributed by atoms with van der Waals surface area (Å²) in [7, 11) is 0. The SMILES string of the molecule is Cc1nc2ccc(F)cc2cc1C(=O)N/N=C/c1ccc(O)c([N+](=O)[O-])c1. The minimum Gasteiger partial charge on any atom is -0.502 e. The summed E-state index contributed by atoms with van der Waals surface area (Å²) in [6.45, 7) is 1.64. The number of nitrogens with zero attached hydrogens (tertiary/aromatic N) is 3. The van der Waals surface area contributed by atoms with Crippen molar-refractivity contribution in [2.75, 3.05) is 0 Å². The first-order valence-electron chi connectivity index (χ1n) is 7.73. The molecule has 0 saturated carbocycles. The van der Waals surface area contributed by atoms with Crippen LogP contribution in [0.4, 0.5) is 10.1 Å². The molecule has 1 heterocycles. The Labute approximate surface area is 152 Å². The maximum atomic E-state index is 13.4. The molecule has 0 spiro atoms. The first-order chi connectivity index (χ1) is 12.8. The predicted octanol–water partition coefficient (Wildman–Crippen LogP) is 3.06. The number of rotatable bonds is 4. The lowest BCUT2D eigenvalue weighted by Gasteiger charge is -2.06. The second-order valence-electron chi connectivity index (χ2n) is 5.66. The number of phenolic OH excluding ortho intramolecular Hbond substituents is 1. The van der Waals surface area contributed by atoms with Crippen LogP contribution in [0, 0.1) is 22.9 Å². The normalized spacial score (nSPS) is 11.0. The molecule has 136 valence electrons. The highest BCUT2D eigenvalue weighted by Crippen LogP contribution is 2.25. The molecule has 27 heavy (non-hydrogen) atoms. The summed E-state index contributed by atoms with van der Waals surface area (Å²) in [5.41, 5.74) is 3.37. The maximum Gasteiger partial charge on any atom is 0.311 e. The van der Waals surface area contributed by atoms with Crippen LogP contribution in [0.3, 0.4) is 0 Å². The van der Waals surface area contributed by atoms with Gasteiger partial charge in [-0.1, -0.05) is 0 Å². The molecule has 0 saturated heterocycles. The lowest BCUT2D eigenvalue weighted by Crippen LogP contribution is -2.19. The van der Waals surface area contributed by atoms with Gasteiger partial charge in [0, 0.05) is 17.0 Å². The smallest absolute Gasteiger partial charge is 0.311 e. The molecule has 0 radical (unpaired) electrons. The van der Waals surface area contributed by atoms with Crippen molar-refractivity contribution in [3.63, 3.8) is 0 Å².